The average Bonchev–Trinajstić information content (AvgIpc) is 3.05. The summed E-state index contributed by atoms with van der Waals surface area (Å²) in [6, 6.07) is 0. The summed E-state index contributed by atoms with van der Waals surface area (Å²) in [5, 5.41) is 0. The highest BCUT2D eigenvalue weighted by Gasteiger charge is 2.59. The lowest BCUT2D eigenvalue weighted by Crippen LogP contribution is -2.52. The van der Waals surface area contributed by atoms with E-state index in [2.05, 4.69) is 39.8 Å². The Morgan fingerprint density at radius 2 is 1.89 bits per heavy atom. The monoisotopic (exact) mass is 384 g/mol. The van der Waals surface area contributed by atoms with Crippen LogP contribution in [-0.4, -0.2) is 5.78 Å². The van der Waals surface area contributed by atoms with Crippen molar-refractivity contribution < 1.29 is 4.79 Å². The number of Topliss-reactive ketones (excluding diaryl/α,β-unsaturated/α-hetero) is 1. The normalized spacial score (nSPS) is 45.0. The summed E-state index contributed by atoms with van der Waals surface area (Å²) in [6.07, 6.45) is 20.9. The minimum Gasteiger partial charge on any atom is -0.300 e. The second kappa shape index (κ2) is 7.92. The third-order valence-electron chi connectivity index (χ3n) is 10.1. The Balaban J connectivity index is 1.50. The first kappa shape index (κ1) is 20.7. The number of carbonyl (C=O) groups is 1. The maximum Gasteiger partial charge on any atom is 0.133 e. The molecule has 3 saturated carbocycles. The number of unbranched alkanes of at least 4 members (excludes halogenated alkanes) is 1. The standard InChI is InChI=1S/C27H44O/c1-5-27-17-15-24-23(12-10-21-18-22(28)14-16-26(21,24)4)25(27)13-11-20(27)9-7-6-8-19(2)3/h10,12,19-21,23-25H,5-9,11,13-18H2,1-4H3/t20?,21-,23?,24?,25-,26-,27?/m0/s1. The van der Waals surface area contributed by atoms with Gasteiger partial charge in [0.05, 0.1) is 0 Å². The molecule has 7 atom stereocenters. The molecule has 4 aliphatic rings. The van der Waals surface area contributed by atoms with Gasteiger partial charge < -0.3 is 0 Å². The van der Waals surface area contributed by atoms with Crippen molar-refractivity contribution in [2.45, 2.75) is 105 Å². The van der Waals surface area contributed by atoms with Gasteiger partial charge in [-0.2, -0.15) is 0 Å². The Bertz CT molecular complexity index is 603. The van der Waals surface area contributed by atoms with Crippen LogP contribution in [0.4, 0.5) is 0 Å². The third-order valence-corrected chi connectivity index (χ3v) is 10.1. The quantitative estimate of drug-likeness (QED) is 0.340. The lowest BCUT2D eigenvalue weighted by atomic mass is 9.46. The largest absolute Gasteiger partial charge is 0.300 e. The van der Waals surface area contributed by atoms with Gasteiger partial charge in [-0.3, -0.25) is 4.79 Å². The highest BCUT2D eigenvalue weighted by molar-refractivity contribution is 5.80. The topological polar surface area (TPSA) is 17.1 Å². The molecule has 1 nitrogen and oxygen atoms in total. The summed E-state index contributed by atoms with van der Waals surface area (Å²) in [6.45, 7) is 9.77. The zero-order chi connectivity index (χ0) is 19.9. The van der Waals surface area contributed by atoms with Gasteiger partial charge in [-0.15, -0.1) is 0 Å². The maximum absolute atomic E-state index is 12.1. The minimum atomic E-state index is 0.391. The zero-order valence-corrected chi connectivity index (χ0v) is 19.0. The summed E-state index contributed by atoms with van der Waals surface area (Å²) in [4.78, 5) is 12.1. The number of hydrogen-bond acceptors (Lipinski definition) is 1. The van der Waals surface area contributed by atoms with E-state index in [4.69, 9.17) is 0 Å². The number of allylic oxidation sites excluding steroid dienone is 2. The minimum absolute atomic E-state index is 0.391. The highest BCUT2D eigenvalue weighted by atomic mass is 16.1. The van der Waals surface area contributed by atoms with Crippen molar-refractivity contribution in [3.05, 3.63) is 12.2 Å². The molecular weight excluding hydrogens is 340 g/mol. The van der Waals surface area contributed by atoms with Crippen LogP contribution < -0.4 is 0 Å². The van der Waals surface area contributed by atoms with E-state index in [1.165, 1.54) is 57.8 Å². The first-order valence-electron chi connectivity index (χ1n) is 12.6. The molecule has 158 valence electrons. The smallest absolute Gasteiger partial charge is 0.133 e. The fourth-order valence-corrected chi connectivity index (χ4v) is 8.45. The molecule has 0 radical (unpaired) electrons. The van der Waals surface area contributed by atoms with Gasteiger partial charge in [-0.1, -0.05) is 59.1 Å². The molecule has 0 heterocycles. The molecule has 4 unspecified atom stereocenters. The van der Waals surface area contributed by atoms with Crippen molar-refractivity contribution in [3.63, 3.8) is 0 Å². The molecule has 0 bridgehead atoms. The number of rotatable bonds is 6. The van der Waals surface area contributed by atoms with Crippen molar-refractivity contribution >= 4 is 5.78 Å². The van der Waals surface area contributed by atoms with E-state index >= 15 is 0 Å². The van der Waals surface area contributed by atoms with Crippen LogP contribution in [0.1, 0.15) is 105 Å². The number of hydrogen-bond donors (Lipinski definition) is 0. The predicted octanol–water partition coefficient (Wildman–Crippen LogP) is 7.60. The molecule has 0 aromatic rings. The van der Waals surface area contributed by atoms with Crippen molar-refractivity contribution in [2.75, 3.05) is 0 Å². The van der Waals surface area contributed by atoms with Crippen molar-refractivity contribution in [2.24, 2.45) is 46.3 Å². The fourth-order valence-electron chi connectivity index (χ4n) is 8.45. The Morgan fingerprint density at radius 3 is 2.64 bits per heavy atom. The lowest BCUT2D eigenvalue weighted by Gasteiger charge is -2.58. The molecule has 0 amide bonds. The predicted molar refractivity (Wildman–Crippen MR) is 118 cm³/mol. The second-order valence-electron chi connectivity index (χ2n) is 11.6. The summed E-state index contributed by atoms with van der Waals surface area (Å²) >= 11 is 0. The van der Waals surface area contributed by atoms with E-state index in [9.17, 15) is 4.79 Å². The fraction of sp³-hybridized carbons (Fsp3) is 0.889. The molecule has 4 rings (SSSR count). The molecule has 4 aliphatic carbocycles. The first-order valence-corrected chi connectivity index (χ1v) is 12.6. The SMILES string of the molecule is CCC12CCC3C(C=C[C@H]4CC(=O)CC[C@]34C)[C@@H]1CCC2CCCCC(C)C. The molecular formula is C27H44O. The van der Waals surface area contributed by atoms with E-state index < -0.39 is 0 Å². The van der Waals surface area contributed by atoms with Gasteiger partial charge in [0.15, 0.2) is 0 Å². The summed E-state index contributed by atoms with van der Waals surface area (Å²) in [5.41, 5.74) is 1.01. The van der Waals surface area contributed by atoms with Crippen LogP contribution >= 0.6 is 0 Å². The second-order valence-corrected chi connectivity index (χ2v) is 11.6. The van der Waals surface area contributed by atoms with Crippen LogP contribution in [0.5, 0.6) is 0 Å². The van der Waals surface area contributed by atoms with Crippen LogP contribution in [0.3, 0.4) is 0 Å². The zero-order valence-electron chi connectivity index (χ0n) is 19.0. The van der Waals surface area contributed by atoms with Crippen LogP contribution in [-0.2, 0) is 4.79 Å². The Labute approximate surface area is 174 Å². The molecule has 28 heavy (non-hydrogen) atoms. The van der Waals surface area contributed by atoms with Crippen molar-refractivity contribution in [1.29, 1.82) is 0 Å². The van der Waals surface area contributed by atoms with Gasteiger partial charge >= 0.3 is 0 Å². The molecule has 0 N–H and O–H groups in total. The van der Waals surface area contributed by atoms with Gasteiger partial charge in [-0.05, 0) is 91.3 Å². The van der Waals surface area contributed by atoms with Crippen LogP contribution in [0, 0.1) is 46.3 Å². The van der Waals surface area contributed by atoms with Gasteiger partial charge in [0, 0.05) is 12.8 Å². The van der Waals surface area contributed by atoms with Crippen LogP contribution in [0.25, 0.3) is 0 Å². The number of fused-ring (bicyclic) bond motifs is 5. The number of ketones is 1. The van der Waals surface area contributed by atoms with Crippen molar-refractivity contribution in [1.82, 2.24) is 0 Å². The first-order chi connectivity index (χ1) is 13.4. The molecule has 0 aromatic heterocycles. The van der Waals surface area contributed by atoms with Crippen LogP contribution in [0.2, 0.25) is 0 Å². The van der Waals surface area contributed by atoms with Crippen LogP contribution in [0.15, 0.2) is 12.2 Å². The van der Waals surface area contributed by atoms with Gasteiger partial charge in [0.25, 0.3) is 0 Å². The molecule has 0 aromatic carbocycles. The summed E-state index contributed by atoms with van der Waals surface area (Å²) in [7, 11) is 0. The Kier molecular flexibility index (Phi) is 5.85. The van der Waals surface area contributed by atoms with Gasteiger partial charge in [0.2, 0.25) is 0 Å². The van der Waals surface area contributed by atoms with E-state index in [-0.39, 0.29) is 0 Å². The van der Waals surface area contributed by atoms with E-state index in [1.807, 2.05) is 0 Å². The Morgan fingerprint density at radius 1 is 1.07 bits per heavy atom. The third kappa shape index (κ3) is 3.33. The maximum atomic E-state index is 12.1. The van der Waals surface area contributed by atoms with E-state index in [1.54, 1.807) is 0 Å². The summed E-state index contributed by atoms with van der Waals surface area (Å²) in [5.74, 6) is 5.41. The van der Waals surface area contributed by atoms with Crippen molar-refractivity contribution in [3.8, 4) is 0 Å². The van der Waals surface area contributed by atoms with E-state index in [0.29, 0.717) is 22.5 Å². The van der Waals surface area contributed by atoms with Gasteiger partial charge in [-0.25, -0.2) is 0 Å². The molecule has 1 heteroatoms. The molecule has 0 spiro atoms. The lowest BCUT2D eigenvalue weighted by molar-refractivity contribution is -0.129. The Hall–Kier alpha value is -0.590. The average molecular weight is 385 g/mol. The molecule has 0 aliphatic heterocycles. The summed E-state index contributed by atoms with van der Waals surface area (Å²) < 4.78 is 0. The van der Waals surface area contributed by atoms with Gasteiger partial charge in [0.1, 0.15) is 5.78 Å². The molecule has 0 saturated heterocycles. The number of carbonyl (C=O) groups excluding carboxylic acids is 1. The van der Waals surface area contributed by atoms with E-state index in [0.717, 1.165) is 48.9 Å². The highest BCUT2D eigenvalue weighted by Crippen LogP contribution is 2.67. The molecule has 3 fully saturated rings.